The van der Waals surface area contributed by atoms with Crippen LogP contribution in [-0.4, -0.2) is 61.7 Å². The van der Waals surface area contributed by atoms with E-state index in [0.29, 0.717) is 6.10 Å². The average Bonchev–Trinajstić information content (AvgIpc) is 2.62. The molecule has 2 aliphatic rings. The highest BCUT2D eigenvalue weighted by atomic mass is 16.5. The Kier molecular flexibility index (Phi) is 3.61. The molecule has 4 nitrogen and oxygen atoms in total. The molecule has 0 radical (unpaired) electrons. The number of β-amino-alcohol motifs (C(OH)–C–C–N with tert-alkyl or cyclic N) is 1. The van der Waals surface area contributed by atoms with Crippen LogP contribution in [0.2, 0.25) is 0 Å². The van der Waals surface area contributed by atoms with Crippen LogP contribution in [0.5, 0.6) is 0 Å². The molecular weight excluding hydrogens is 194 g/mol. The fourth-order valence-electron chi connectivity index (χ4n) is 2.73. The zero-order valence-electron chi connectivity index (χ0n) is 9.45. The number of likely N-dealkylation sites (tertiary alicyclic amines) is 1. The van der Waals surface area contributed by atoms with E-state index in [0.717, 1.165) is 45.5 Å². The Balaban J connectivity index is 1.90. The van der Waals surface area contributed by atoms with Gasteiger partial charge >= 0.3 is 0 Å². The lowest BCUT2D eigenvalue weighted by molar-refractivity contribution is -0.119. The summed E-state index contributed by atoms with van der Waals surface area (Å²) in [6.07, 6.45) is 3.45. The van der Waals surface area contributed by atoms with Crippen LogP contribution in [0.15, 0.2) is 0 Å². The first-order valence-electron chi connectivity index (χ1n) is 5.78. The van der Waals surface area contributed by atoms with Crippen molar-refractivity contribution in [3.63, 3.8) is 0 Å². The largest absolute Gasteiger partial charge is 0.395 e. The second kappa shape index (κ2) is 4.78. The van der Waals surface area contributed by atoms with Gasteiger partial charge in [0.15, 0.2) is 0 Å². The second-order valence-electron chi connectivity index (χ2n) is 4.63. The molecule has 0 aromatic heterocycles. The van der Waals surface area contributed by atoms with Crippen molar-refractivity contribution in [1.82, 2.24) is 4.90 Å². The van der Waals surface area contributed by atoms with Crippen molar-refractivity contribution in [1.29, 1.82) is 0 Å². The summed E-state index contributed by atoms with van der Waals surface area (Å²) in [5.41, 5.74) is 0.00803. The number of rotatable bonds is 3. The van der Waals surface area contributed by atoms with Gasteiger partial charge in [-0.15, -0.1) is 0 Å². The molecule has 4 heteroatoms. The zero-order chi connectivity index (χ0) is 10.7. The lowest BCUT2D eigenvalue weighted by Gasteiger charge is -2.37. The van der Waals surface area contributed by atoms with Crippen molar-refractivity contribution in [2.75, 3.05) is 40.0 Å². The van der Waals surface area contributed by atoms with E-state index >= 15 is 0 Å². The lowest BCUT2D eigenvalue weighted by atomic mass is 9.91. The smallest absolute Gasteiger partial charge is 0.0845 e. The molecule has 2 unspecified atom stereocenters. The molecular formula is C11H21NO3. The Hall–Kier alpha value is -0.160. The van der Waals surface area contributed by atoms with E-state index in [9.17, 15) is 0 Å². The van der Waals surface area contributed by atoms with Crippen molar-refractivity contribution >= 4 is 0 Å². The van der Waals surface area contributed by atoms with Crippen LogP contribution in [-0.2, 0) is 9.47 Å². The van der Waals surface area contributed by atoms with Gasteiger partial charge in [-0.25, -0.2) is 0 Å². The van der Waals surface area contributed by atoms with Gasteiger partial charge in [0.25, 0.3) is 0 Å². The van der Waals surface area contributed by atoms with Crippen molar-refractivity contribution in [3.8, 4) is 0 Å². The van der Waals surface area contributed by atoms with E-state index in [1.807, 2.05) is 0 Å². The highest BCUT2D eigenvalue weighted by Gasteiger charge is 2.42. The fourth-order valence-corrected chi connectivity index (χ4v) is 2.73. The predicted octanol–water partition coefficient (Wildman–Crippen LogP) is 0.249. The third-order valence-electron chi connectivity index (χ3n) is 3.59. The predicted molar refractivity (Wildman–Crippen MR) is 56.9 cm³/mol. The topological polar surface area (TPSA) is 41.9 Å². The second-order valence-corrected chi connectivity index (χ2v) is 4.63. The Morgan fingerprint density at radius 1 is 1.60 bits per heavy atom. The van der Waals surface area contributed by atoms with Crippen LogP contribution in [0.4, 0.5) is 0 Å². The van der Waals surface area contributed by atoms with Crippen LogP contribution < -0.4 is 0 Å². The Bertz CT molecular complexity index is 212. The molecule has 0 bridgehead atoms. The molecule has 0 amide bonds. The molecule has 15 heavy (non-hydrogen) atoms. The number of hydrogen-bond donors (Lipinski definition) is 1. The standard InChI is InChI=1S/C11H21NO3/c1-14-10-2-7-15-11(8-10)3-4-12(9-11)5-6-13/h10,13H,2-9H2,1H3. The van der Waals surface area contributed by atoms with E-state index < -0.39 is 0 Å². The molecule has 2 rings (SSSR count). The number of nitrogens with zero attached hydrogens (tertiary/aromatic N) is 1. The molecule has 2 heterocycles. The van der Waals surface area contributed by atoms with Gasteiger partial charge in [-0.2, -0.15) is 0 Å². The summed E-state index contributed by atoms with van der Waals surface area (Å²) in [5.74, 6) is 0. The Labute approximate surface area is 91.2 Å². The Morgan fingerprint density at radius 3 is 3.20 bits per heavy atom. The minimum atomic E-state index is 0.00803. The minimum absolute atomic E-state index is 0.00803. The van der Waals surface area contributed by atoms with Gasteiger partial charge in [0.1, 0.15) is 0 Å². The van der Waals surface area contributed by atoms with E-state index in [2.05, 4.69) is 4.90 Å². The summed E-state index contributed by atoms with van der Waals surface area (Å²) in [7, 11) is 1.78. The van der Waals surface area contributed by atoms with Gasteiger partial charge in [0, 0.05) is 39.8 Å². The maximum absolute atomic E-state index is 8.90. The van der Waals surface area contributed by atoms with Crippen LogP contribution in [0, 0.1) is 0 Å². The van der Waals surface area contributed by atoms with Gasteiger partial charge in [0.2, 0.25) is 0 Å². The highest BCUT2D eigenvalue weighted by Crippen LogP contribution is 2.34. The van der Waals surface area contributed by atoms with Crippen molar-refractivity contribution in [2.45, 2.75) is 31.0 Å². The van der Waals surface area contributed by atoms with Gasteiger partial charge in [-0.3, -0.25) is 4.90 Å². The highest BCUT2D eigenvalue weighted by molar-refractivity contribution is 4.95. The van der Waals surface area contributed by atoms with Crippen molar-refractivity contribution in [2.24, 2.45) is 0 Å². The molecule has 0 aromatic rings. The summed E-state index contributed by atoms with van der Waals surface area (Å²) >= 11 is 0. The Morgan fingerprint density at radius 2 is 2.47 bits per heavy atom. The summed E-state index contributed by atoms with van der Waals surface area (Å²) in [6.45, 7) is 3.81. The SMILES string of the molecule is COC1CCOC2(CCN(CCO)C2)C1. The molecule has 2 saturated heterocycles. The first kappa shape index (κ1) is 11.3. The maximum Gasteiger partial charge on any atom is 0.0845 e. The van der Waals surface area contributed by atoms with E-state index in [4.69, 9.17) is 14.6 Å². The molecule has 2 atom stereocenters. The van der Waals surface area contributed by atoms with Crippen molar-refractivity contribution in [3.05, 3.63) is 0 Å². The van der Waals surface area contributed by atoms with Crippen LogP contribution >= 0.6 is 0 Å². The zero-order valence-corrected chi connectivity index (χ0v) is 9.45. The number of aliphatic hydroxyl groups is 1. The molecule has 2 aliphatic heterocycles. The molecule has 0 aromatic carbocycles. The normalized spacial score (nSPS) is 37.6. The molecule has 1 N–H and O–H groups in total. The molecule has 2 fully saturated rings. The number of methoxy groups -OCH3 is 1. The summed E-state index contributed by atoms with van der Waals surface area (Å²) in [5, 5.41) is 8.90. The minimum Gasteiger partial charge on any atom is -0.395 e. The molecule has 0 saturated carbocycles. The third-order valence-corrected chi connectivity index (χ3v) is 3.59. The average molecular weight is 215 g/mol. The van der Waals surface area contributed by atoms with E-state index in [-0.39, 0.29) is 12.2 Å². The lowest BCUT2D eigenvalue weighted by Crippen LogP contribution is -2.44. The van der Waals surface area contributed by atoms with Crippen LogP contribution in [0.3, 0.4) is 0 Å². The first-order valence-corrected chi connectivity index (χ1v) is 5.78. The van der Waals surface area contributed by atoms with Crippen molar-refractivity contribution < 1.29 is 14.6 Å². The summed E-state index contributed by atoms with van der Waals surface area (Å²) in [4.78, 5) is 2.28. The van der Waals surface area contributed by atoms with Gasteiger partial charge in [0.05, 0.1) is 18.3 Å². The monoisotopic (exact) mass is 215 g/mol. The molecule has 0 aliphatic carbocycles. The first-order chi connectivity index (χ1) is 7.28. The number of aliphatic hydroxyl groups excluding tert-OH is 1. The van der Waals surface area contributed by atoms with E-state index in [1.165, 1.54) is 0 Å². The van der Waals surface area contributed by atoms with E-state index in [1.54, 1.807) is 7.11 Å². The quantitative estimate of drug-likeness (QED) is 0.732. The number of hydrogen-bond acceptors (Lipinski definition) is 4. The third kappa shape index (κ3) is 2.50. The fraction of sp³-hybridized carbons (Fsp3) is 1.00. The summed E-state index contributed by atoms with van der Waals surface area (Å²) < 4.78 is 11.4. The molecule has 88 valence electrons. The maximum atomic E-state index is 8.90. The van der Waals surface area contributed by atoms with Gasteiger partial charge < -0.3 is 14.6 Å². The summed E-state index contributed by atoms with van der Waals surface area (Å²) in [6, 6.07) is 0. The van der Waals surface area contributed by atoms with Crippen LogP contribution in [0.25, 0.3) is 0 Å². The molecule has 1 spiro atoms. The van der Waals surface area contributed by atoms with Crippen LogP contribution in [0.1, 0.15) is 19.3 Å². The van der Waals surface area contributed by atoms with Gasteiger partial charge in [-0.05, 0) is 12.8 Å². The van der Waals surface area contributed by atoms with Gasteiger partial charge in [-0.1, -0.05) is 0 Å². The number of ether oxygens (including phenoxy) is 2.